The lowest BCUT2D eigenvalue weighted by atomic mass is 10.0. The van der Waals surface area contributed by atoms with E-state index in [0.29, 0.717) is 5.56 Å². The molecule has 0 heterocycles. The fraction of sp³-hybridized carbons (Fsp3) is 0.133. The predicted molar refractivity (Wildman–Crippen MR) is 67.5 cm³/mol. The molecule has 0 radical (unpaired) electrons. The van der Waals surface area contributed by atoms with Crippen LogP contribution in [0.5, 0.6) is 0 Å². The molecule has 0 fully saturated rings. The second-order valence-corrected chi connectivity index (χ2v) is 4.00. The molecule has 2 heteroatoms. The third-order valence-electron chi connectivity index (χ3n) is 2.72. The van der Waals surface area contributed by atoms with E-state index in [1.165, 1.54) is 6.92 Å². The van der Waals surface area contributed by atoms with Crippen LogP contribution in [0.1, 0.15) is 18.6 Å². The number of ketones is 1. The van der Waals surface area contributed by atoms with E-state index < -0.39 is 6.10 Å². The molecule has 0 saturated carbocycles. The van der Waals surface area contributed by atoms with Gasteiger partial charge in [0.05, 0.1) is 0 Å². The van der Waals surface area contributed by atoms with E-state index in [0.717, 1.165) is 11.1 Å². The number of hydrogen-bond acceptors (Lipinski definition) is 2. The summed E-state index contributed by atoms with van der Waals surface area (Å²) in [5, 5.41) is 9.61. The molecule has 2 nitrogen and oxygen atoms in total. The minimum atomic E-state index is -1.01. The lowest BCUT2D eigenvalue weighted by Crippen LogP contribution is -2.06. The molecule has 2 rings (SSSR count). The first kappa shape index (κ1) is 11.6. The normalized spacial score (nSPS) is 12.1. The van der Waals surface area contributed by atoms with Gasteiger partial charge in [-0.2, -0.15) is 0 Å². The second kappa shape index (κ2) is 4.93. The maximum atomic E-state index is 11.0. The average Bonchev–Trinajstić information content (AvgIpc) is 2.39. The Hall–Kier alpha value is -1.93. The molecular weight excluding hydrogens is 212 g/mol. The van der Waals surface area contributed by atoms with Gasteiger partial charge < -0.3 is 5.11 Å². The number of carbonyl (C=O) groups excluding carboxylic acids is 1. The molecule has 17 heavy (non-hydrogen) atoms. The molecule has 0 spiro atoms. The van der Waals surface area contributed by atoms with Crippen molar-refractivity contribution in [3.63, 3.8) is 0 Å². The number of carbonyl (C=O) groups is 1. The maximum Gasteiger partial charge on any atom is 0.162 e. The van der Waals surface area contributed by atoms with Crippen LogP contribution in [0.3, 0.4) is 0 Å². The molecule has 0 bridgehead atoms. The highest BCUT2D eigenvalue weighted by atomic mass is 16.3. The predicted octanol–water partition coefficient (Wildman–Crippen LogP) is 2.98. The largest absolute Gasteiger partial charge is 0.381 e. The summed E-state index contributed by atoms with van der Waals surface area (Å²) in [4.78, 5) is 11.0. The lowest BCUT2D eigenvalue weighted by Gasteiger charge is -2.08. The van der Waals surface area contributed by atoms with Crippen LogP contribution < -0.4 is 0 Å². The molecule has 2 aromatic carbocycles. The van der Waals surface area contributed by atoms with Crippen molar-refractivity contribution in [2.45, 2.75) is 13.0 Å². The van der Waals surface area contributed by atoms with Crippen LogP contribution in [0.15, 0.2) is 54.6 Å². The van der Waals surface area contributed by atoms with E-state index in [9.17, 15) is 9.90 Å². The summed E-state index contributed by atoms with van der Waals surface area (Å²) >= 11 is 0. The van der Waals surface area contributed by atoms with E-state index in [4.69, 9.17) is 0 Å². The maximum absolute atomic E-state index is 11.0. The van der Waals surface area contributed by atoms with Gasteiger partial charge in [-0.15, -0.1) is 0 Å². The number of aliphatic hydroxyl groups excluding tert-OH is 1. The molecule has 0 amide bonds. The van der Waals surface area contributed by atoms with Gasteiger partial charge in [-0.3, -0.25) is 4.79 Å². The SMILES string of the molecule is CC(=O)C(O)c1ccc(-c2ccccc2)cc1. The Labute approximate surface area is 101 Å². The molecule has 0 aliphatic heterocycles. The van der Waals surface area contributed by atoms with Gasteiger partial charge in [0.2, 0.25) is 0 Å². The number of Topliss-reactive ketones (excluding diaryl/α,β-unsaturated/α-hetero) is 1. The van der Waals surface area contributed by atoms with Gasteiger partial charge in [-0.25, -0.2) is 0 Å². The van der Waals surface area contributed by atoms with Crippen molar-refractivity contribution in [3.8, 4) is 11.1 Å². The highest BCUT2D eigenvalue weighted by Gasteiger charge is 2.11. The first-order chi connectivity index (χ1) is 8.18. The van der Waals surface area contributed by atoms with Crippen LogP contribution in [0.4, 0.5) is 0 Å². The van der Waals surface area contributed by atoms with E-state index in [2.05, 4.69) is 0 Å². The lowest BCUT2D eigenvalue weighted by molar-refractivity contribution is -0.125. The van der Waals surface area contributed by atoms with Crippen LogP contribution in [0, 0.1) is 0 Å². The van der Waals surface area contributed by atoms with E-state index >= 15 is 0 Å². The summed E-state index contributed by atoms with van der Waals surface area (Å²) in [5.74, 6) is -0.238. The van der Waals surface area contributed by atoms with Gasteiger partial charge in [-0.1, -0.05) is 54.6 Å². The van der Waals surface area contributed by atoms with Crippen molar-refractivity contribution >= 4 is 5.78 Å². The summed E-state index contributed by atoms with van der Waals surface area (Å²) in [6, 6.07) is 17.4. The standard InChI is InChI=1S/C15H14O2/c1-11(16)15(17)14-9-7-13(8-10-14)12-5-3-2-4-6-12/h2-10,15,17H,1H3. The molecule has 0 aliphatic rings. The van der Waals surface area contributed by atoms with Gasteiger partial charge in [0.15, 0.2) is 5.78 Å². The topological polar surface area (TPSA) is 37.3 Å². The molecule has 2 aromatic rings. The molecule has 0 saturated heterocycles. The summed E-state index contributed by atoms with van der Waals surface area (Å²) in [5.41, 5.74) is 2.83. The Morgan fingerprint density at radius 2 is 1.47 bits per heavy atom. The zero-order valence-corrected chi connectivity index (χ0v) is 9.63. The molecule has 1 N–H and O–H groups in total. The summed E-state index contributed by atoms with van der Waals surface area (Å²) < 4.78 is 0. The van der Waals surface area contributed by atoms with Gasteiger partial charge in [0, 0.05) is 0 Å². The fourth-order valence-corrected chi connectivity index (χ4v) is 1.72. The molecular formula is C15H14O2. The molecule has 1 unspecified atom stereocenters. The monoisotopic (exact) mass is 226 g/mol. The van der Waals surface area contributed by atoms with Gasteiger partial charge >= 0.3 is 0 Å². The Balaban J connectivity index is 2.28. The zero-order valence-electron chi connectivity index (χ0n) is 9.63. The molecule has 86 valence electrons. The fourth-order valence-electron chi connectivity index (χ4n) is 1.72. The minimum Gasteiger partial charge on any atom is -0.381 e. The van der Waals surface area contributed by atoms with Crippen LogP contribution in [0.25, 0.3) is 11.1 Å². The quantitative estimate of drug-likeness (QED) is 0.873. The van der Waals surface area contributed by atoms with Gasteiger partial charge in [0.25, 0.3) is 0 Å². The summed E-state index contributed by atoms with van der Waals surface area (Å²) in [7, 11) is 0. The van der Waals surface area contributed by atoms with Crippen LogP contribution in [0.2, 0.25) is 0 Å². The Morgan fingerprint density at radius 1 is 0.941 bits per heavy atom. The second-order valence-electron chi connectivity index (χ2n) is 4.00. The number of hydrogen-bond donors (Lipinski definition) is 1. The number of aliphatic hydroxyl groups is 1. The van der Waals surface area contributed by atoms with Crippen LogP contribution in [-0.2, 0) is 4.79 Å². The van der Waals surface area contributed by atoms with E-state index in [1.807, 2.05) is 42.5 Å². The first-order valence-electron chi connectivity index (χ1n) is 5.52. The van der Waals surface area contributed by atoms with Crippen molar-refractivity contribution in [2.24, 2.45) is 0 Å². The van der Waals surface area contributed by atoms with Gasteiger partial charge in [0.1, 0.15) is 6.10 Å². The van der Waals surface area contributed by atoms with E-state index in [-0.39, 0.29) is 5.78 Å². The Kier molecular flexibility index (Phi) is 3.35. The molecule has 1 atom stereocenters. The summed E-state index contributed by atoms with van der Waals surface area (Å²) in [6.45, 7) is 1.38. The minimum absolute atomic E-state index is 0.238. The smallest absolute Gasteiger partial charge is 0.162 e. The summed E-state index contributed by atoms with van der Waals surface area (Å²) in [6.07, 6.45) is -1.01. The van der Waals surface area contributed by atoms with E-state index in [1.54, 1.807) is 12.1 Å². The van der Waals surface area contributed by atoms with Crippen molar-refractivity contribution < 1.29 is 9.90 Å². The number of rotatable bonds is 3. The third kappa shape index (κ3) is 2.60. The van der Waals surface area contributed by atoms with Crippen molar-refractivity contribution in [1.82, 2.24) is 0 Å². The average molecular weight is 226 g/mol. The third-order valence-corrected chi connectivity index (χ3v) is 2.72. The van der Waals surface area contributed by atoms with Gasteiger partial charge in [-0.05, 0) is 23.6 Å². The molecule has 0 aliphatic carbocycles. The first-order valence-corrected chi connectivity index (χ1v) is 5.52. The van der Waals surface area contributed by atoms with Crippen molar-refractivity contribution in [3.05, 3.63) is 60.2 Å². The van der Waals surface area contributed by atoms with Crippen LogP contribution in [-0.4, -0.2) is 10.9 Å². The zero-order chi connectivity index (χ0) is 12.3. The van der Waals surface area contributed by atoms with Crippen LogP contribution >= 0.6 is 0 Å². The Morgan fingerprint density at radius 3 is 2.00 bits per heavy atom. The highest BCUT2D eigenvalue weighted by molar-refractivity contribution is 5.81. The highest BCUT2D eigenvalue weighted by Crippen LogP contribution is 2.22. The number of benzene rings is 2. The molecule has 0 aromatic heterocycles. The van der Waals surface area contributed by atoms with Crippen molar-refractivity contribution in [1.29, 1.82) is 0 Å². The van der Waals surface area contributed by atoms with Crippen molar-refractivity contribution in [2.75, 3.05) is 0 Å². The Bertz CT molecular complexity index is 500.